The van der Waals surface area contributed by atoms with E-state index in [1.54, 1.807) is 0 Å². The average Bonchev–Trinajstić information content (AvgIpc) is 3.26. The van der Waals surface area contributed by atoms with E-state index in [0.717, 1.165) is 29.4 Å². The number of nitrogens with one attached hydrogen (secondary N) is 1. The Bertz CT molecular complexity index is 753. The zero-order valence-corrected chi connectivity index (χ0v) is 16.2. The maximum atomic E-state index is 12.1. The van der Waals surface area contributed by atoms with E-state index in [0.29, 0.717) is 29.8 Å². The molecule has 2 aromatic rings. The van der Waals surface area contributed by atoms with E-state index in [9.17, 15) is 4.79 Å². The molecule has 1 aliphatic rings. The fraction of sp³-hybridized carbons (Fsp3) is 0.421. The van der Waals surface area contributed by atoms with Crippen LogP contribution < -0.4 is 5.32 Å². The van der Waals surface area contributed by atoms with E-state index in [4.69, 9.17) is 11.6 Å². The van der Waals surface area contributed by atoms with Gasteiger partial charge in [-0.05, 0) is 30.5 Å². The summed E-state index contributed by atoms with van der Waals surface area (Å²) in [7, 11) is 0. The summed E-state index contributed by atoms with van der Waals surface area (Å²) in [6.07, 6.45) is 7.08. The van der Waals surface area contributed by atoms with Crippen molar-refractivity contribution in [1.29, 1.82) is 0 Å². The molecule has 0 atom stereocenters. The third kappa shape index (κ3) is 5.11. The zero-order chi connectivity index (χ0) is 18.4. The number of hydrogen-bond donors (Lipinski definition) is 1. The Morgan fingerprint density at radius 2 is 2.04 bits per heavy atom. The van der Waals surface area contributed by atoms with Crippen LogP contribution in [0.25, 0.3) is 0 Å². The number of thioether (sulfide) groups is 1. The summed E-state index contributed by atoms with van der Waals surface area (Å²) in [4.78, 5) is 12.1. The van der Waals surface area contributed by atoms with E-state index < -0.39 is 0 Å². The maximum Gasteiger partial charge on any atom is 0.230 e. The molecule has 1 aromatic carbocycles. The third-order valence-corrected chi connectivity index (χ3v) is 5.65. The van der Waals surface area contributed by atoms with Gasteiger partial charge in [0.25, 0.3) is 0 Å². The van der Waals surface area contributed by atoms with Crippen LogP contribution in [0.2, 0.25) is 5.02 Å². The van der Waals surface area contributed by atoms with E-state index in [1.807, 2.05) is 34.9 Å². The standard InChI is InChI=1S/C19H23ClN4OS/c1-2-11-24-17(12-14-7-9-15(20)10-8-14)22-23-19(24)26-13-18(25)21-16-5-3-4-6-16/h2,7-10,16H,1,3-6,11-13H2,(H,21,25). The molecule has 1 aliphatic carbocycles. The lowest BCUT2D eigenvalue weighted by atomic mass is 10.1. The minimum absolute atomic E-state index is 0.0642. The molecule has 26 heavy (non-hydrogen) atoms. The topological polar surface area (TPSA) is 59.8 Å². The third-order valence-electron chi connectivity index (χ3n) is 4.43. The van der Waals surface area contributed by atoms with Crippen molar-refractivity contribution in [1.82, 2.24) is 20.1 Å². The van der Waals surface area contributed by atoms with Gasteiger partial charge in [0.1, 0.15) is 5.82 Å². The van der Waals surface area contributed by atoms with E-state index in [1.165, 1.54) is 24.6 Å². The number of amides is 1. The zero-order valence-electron chi connectivity index (χ0n) is 14.7. The average molecular weight is 391 g/mol. The Morgan fingerprint density at radius 3 is 2.73 bits per heavy atom. The molecule has 1 amide bonds. The highest BCUT2D eigenvalue weighted by Crippen LogP contribution is 2.21. The summed E-state index contributed by atoms with van der Waals surface area (Å²) in [5, 5.41) is 13.1. The molecule has 5 nitrogen and oxygen atoms in total. The molecule has 0 bridgehead atoms. The first-order valence-electron chi connectivity index (χ1n) is 8.85. The van der Waals surface area contributed by atoms with Gasteiger partial charge in [0.15, 0.2) is 5.16 Å². The molecule has 138 valence electrons. The number of nitrogens with zero attached hydrogens (tertiary/aromatic N) is 3. The van der Waals surface area contributed by atoms with Crippen molar-refractivity contribution in [2.24, 2.45) is 0 Å². The van der Waals surface area contributed by atoms with Crippen molar-refractivity contribution in [2.75, 3.05) is 5.75 Å². The van der Waals surface area contributed by atoms with Crippen LogP contribution in [0.1, 0.15) is 37.1 Å². The van der Waals surface area contributed by atoms with Gasteiger partial charge >= 0.3 is 0 Å². The van der Waals surface area contributed by atoms with Gasteiger partial charge in [-0.1, -0.05) is 54.4 Å². The van der Waals surface area contributed by atoms with Gasteiger partial charge in [-0.3, -0.25) is 4.79 Å². The first-order valence-corrected chi connectivity index (χ1v) is 10.2. The van der Waals surface area contributed by atoms with Crippen LogP contribution in [0, 0.1) is 0 Å². The number of hydrogen-bond acceptors (Lipinski definition) is 4. The van der Waals surface area contributed by atoms with Crippen molar-refractivity contribution >= 4 is 29.3 Å². The minimum atomic E-state index is 0.0642. The number of carbonyl (C=O) groups excluding carboxylic acids is 1. The van der Waals surface area contributed by atoms with Gasteiger partial charge in [-0.2, -0.15) is 0 Å². The molecule has 1 fully saturated rings. The molecule has 1 N–H and O–H groups in total. The van der Waals surface area contributed by atoms with Crippen molar-refractivity contribution in [3.8, 4) is 0 Å². The lowest BCUT2D eigenvalue weighted by Crippen LogP contribution is -2.33. The Labute approximate surface area is 163 Å². The molecule has 0 aliphatic heterocycles. The molecule has 0 spiro atoms. The van der Waals surface area contributed by atoms with Crippen LogP contribution in [0.5, 0.6) is 0 Å². The van der Waals surface area contributed by atoms with Crippen molar-refractivity contribution in [2.45, 2.75) is 49.8 Å². The second-order valence-corrected chi connectivity index (χ2v) is 7.82. The van der Waals surface area contributed by atoms with Crippen LogP contribution >= 0.6 is 23.4 Å². The number of rotatable bonds is 8. The maximum absolute atomic E-state index is 12.1. The summed E-state index contributed by atoms with van der Waals surface area (Å²) in [5.41, 5.74) is 1.11. The lowest BCUT2D eigenvalue weighted by Gasteiger charge is -2.12. The number of carbonyl (C=O) groups is 1. The van der Waals surface area contributed by atoms with Gasteiger partial charge in [0.2, 0.25) is 5.91 Å². The van der Waals surface area contributed by atoms with Gasteiger partial charge in [0, 0.05) is 24.0 Å². The van der Waals surface area contributed by atoms with Gasteiger partial charge < -0.3 is 9.88 Å². The highest BCUT2D eigenvalue weighted by molar-refractivity contribution is 7.99. The predicted molar refractivity (Wildman–Crippen MR) is 106 cm³/mol. The quantitative estimate of drug-likeness (QED) is 0.549. The van der Waals surface area contributed by atoms with Crippen molar-refractivity contribution < 1.29 is 4.79 Å². The smallest absolute Gasteiger partial charge is 0.230 e. The number of halogens is 1. The van der Waals surface area contributed by atoms with Crippen LogP contribution in [0.3, 0.4) is 0 Å². The molecule has 0 saturated heterocycles. The normalized spacial score (nSPS) is 14.5. The van der Waals surface area contributed by atoms with Gasteiger partial charge in [-0.25, -0.2) is 0 Å². The second-order valence-electron chi connectivity index (χ2n) is 6.44. The van der Waals surface area contributed by atoms with Crippen LogP contribution in [-0.2, 0) is 17.8 Å². The molecular weight excluding hydrogens is 368 g/mol. The molecule has 0 unspecified atom stereocenters. The monoisotopic (exact) mass is 390 g/mol. The molecule has 7 heteroatoms. The van der Waals surface area contributed by atoms with E-state index in [2.05, 4.69) is 22.1 Å². The Hall–Kier alpha value is -1.79. The summed E-state index contributed by atoms with van der Waals surface area (Å²) in [6, 6.07) is 8.05. The lowest BCUT2D eigenvalue weighted by molar-refractivity contribution is -0.119. The fourth-order valence-corrected chi connectivity index (χ4v) is 4.03. The SMILES string of the molecule is C=CCn1c(Cc2ccc(Cl)cc2)nnc1SCC(=O)NC1CCCC1. The molecular formula is C19H23ClN4OS. The number of benzene rings is 1. The van der Waals surface area contributed by atoms with Crippen molar-refractivity contribution in [3.63, 3.8) is 0 Å². The fourth-order valence-electron chi connectivity index (χ4n) is 3.12. The highest BCUT2D eigenvalue weighted by Gasteiger charge is 2.18. The number of allylic oxidation sites excluding steroid dienone is 1. The largest absolute Gasteiger partial charge is 0.353 e. The molecule has 1 saturated carbocycles. The van der Waals surface area contributed by atoms with Crippen LogP contribution in [0.15, 0.2) is 42.1 Å². The molecule has 1 heterocycles. The minimum Gasteiger partial charge on any atom is -0.353 e. The Morgan fingerprint density at radius 1 is 1.31 bits per heavy atom. The van der Waals surface area contributed by atoms with Crippen molar-refractivity contribution in [3.05, 3.63) is 53.3 Å². The summed E-state index contributed by atoms with van der Waals surface area (Å²) >= 11 is 7.36. The highest BCUT2D eigenvalue weighted by atomic mass is 35.5. The summed E-state index contributed by atoms with van der Waals surface area (Å²) in [5.74, 6) is 1.27. The molecule has 3 rings (SSSR count). The Balaban J connectivity index is 1.63. The summed E-state index contributed by atoms with van der Waals surface area (Å²) in [6.45, 7) is 4.43. The van der Waals surface area contributed by atoms with Gasteiger partial charge in [0.05, 0.1) is 5.75 Å². The Kier molecular flexibility index (Phi) is 6.74. The number of aromatic nitrogens is 3. The van der Waals surface area contributed by atoms with E-state index >= 15 is 0 Å². The predicted octanol–water partition coefficient (Wildman–Crippen LogP) is 3.86. The van der Waals surface area contributed by atoms with Crippen LogP contribution in [0.4, 0.5) is 0 Å². The first kappa shape index (κ1) is 19.0. The van der Waals surface area contributed by atoms with Gasteiger partial charge in [-0.15, -0.1) is 16.8 Å². The first-order chi connectivity index (χ1) is 12.7. The molecule has 0 radical (unpaired) electrons. The molecule has 1 aromatic heterocycles. The second kappa shape index (κ2) is 9.24. The van der Waals surface area contributed by atoms with E-state index in [-0.39, 0.29) is 5.91 Å². The van der Waals surface area contributed by atoms with Crippen LogP contribution in [-0.4, -0.2) is 32.5 Å². The summed E-state index contributed by atoms with van der Waals surface area (Å²) < 4.78 is 2.01.